The Labute approximate surface area is 218 Å². The number of nitrogen functional groups attached to an aromatic ring is 1. The summed E-state index contributed by atoms with van der Waals surface area (Å²) in [5, 5.41) is 9.56. The number of fused-ring (bicyclic) bond motifs is 1. The molecule has 0 unspecified atom stereocenters. The van der Waals surface area contributed by atoms with Gasteiger partial charge in [-0.2, -0.15) is 5.26 Å². The van der Waals surface area contributed by atoms with Crippen LogP contribution < -0.4 is 5.73 Å². The highest BCUT2D eigenvalue weighted by Crippen LogP contribution is 2.47. The maximum Gasteiger partial charge on any atom is 0.192 e. The first-order valence-electron chi connectivity index (χ1n) is 12.7. The van der Waals surface area contributed by atoms with Gasteiger partial charge in [-0.3, -0.25) is 4.57 Å². The molecule has 0 amide bonds. The number of imidazole rings is 1. The fraction of sp³-hybridized carbons (Fsp3) is 0.760. The Bertz CT molecular complexity index is 1120. The van der Waals surface area contributed by atoms with Crippen molar-refractivity contribution in [1.29, 1.82) is 5.26 Å². The lowest BCUT2D eigenvalue weighted by molar-refractivity contribution is -0.107. The average molecular weight is 533 g/mol. The standard InChI is InChI=1S/C25H44N6O3Si2/c1-23(2,3)35(7,8)32-15-25(12-11-13-26)14-18(34-36(9,10)24(4,5)6)22(33-25)31-17-30-19-20(27)28-16-29-21(19)31/h16-18,22H,11-12,14-15H2,1-10H3,(H2,27,28,29)/t18-,22-,25+/m1/s1. The molecular formula is C25H44N6O3Si2. The number of nitrogens with zero attached hydrogens (tertiary/aromatic N) is 5. The zero-order chi connectivity index (χ0) is 27.2. The second kappa shape index (κ2) is 9.80. The molecule has 0 bridgehead atoms. The monoisotopic (exact) mass is 532 g/mol. The van der Waals surface area contributed by atoms with Gasteiger partial charge in [0.25, 0.3) is 0 Å². The molecule has 0 radical (unpaired) electrons. The summed E-state index contributed by atoms with van der Waals surface area (Å²) in [6.07, 6.45) is 3.99. The third-order valence-corrected chi connectivity index (χ3v) is 17.4. The molecule has 1 saturated heterocycles. The van der Waals surface area contributed by atoms with Crippen molar-refractivity contribution in [3.63, 3.8) is 0 Å². The van der Waals surface area contributed by atoms with Crippen LogP contribution in [0.25, 0.3) is 11.2 Å². The molecule has 2 N–H and O–H groups in total. The molecule has 0 spiro atoms. The molecule has 9 nitrogen and oxygen atoms in total. The van der Waals surface area contributed by atoms with E-state index in [1.807, 2.05) is 4.57 Å². The van der Waals surface area contributed by atoms with Gasteiger partial charge in [-0.05, 0) is 42.7 Å². The number of rotatable bonds is 8. The van der Waals surface area contributed by atoms with Gasteiger partial charge in [0.05, 0.1) is 30.7 Å². The largest absolute Gasteiger partial charge is 0.414 e. The van der Waals surface area contributed by atoms with Gasteiger partial charge < -0.3 is 19.3 Å². The van der Waals surface area contributed by atoms with E-state index >= 15 is 0 Å². The van der Waals surface area contributed by atoms with Crippen molar-refractivity contribution in [2.45, 2.75) is 115 Å². The molecule has 3 atom stereocenters. The fourth-order valence-corrected chi connectivity index (χ4v) is 6.30. The fourth-order valence-electron chi connectivity index (χ4n) is 3.93. The van der Waals surface area contributed by atoms with Crippen LogP contribution in [0.2, 0.25) is 36.3 Å². The third kappa shape index (κ3) is 5.68. The topological polar surface area (TPSA) is 121 Å². The molecule has 0 saturated carbocycles. The highest BCUT2D eigenvalue weighted by Gasteiger charge is 2.52. The number of aromatic nitrogens is 4. The molecule has 1 fully saturated rings. The van der Waals surface area contributed by atoms with E-state index in [9.17, 15) is 5.26 Å². The van der Waals surface area contributed by atoms with E-state index in [0.717, 1.165) is 0 Å². The van der Waals surface area contributed by atoms with Crippen LogP contribution in [0.5, 0.6) is 0 Å². The number of nitriles is 1. The minimum atomic E-state index is -2.15. The molecule has 2 aromatic heterocycles. The van der Waals surface area contributed by atoms with Crippen LogP contribution in [0, 0.1) is 11.3 Å². The van der Waals surface area contributed by atoms with E-state index in [-0.39, 0.29) is 16.2 Å². The van der Waals surface area contributed by atoms with Gasteiger partial charge >= 0.3 is 0 Å². The zero-order valence-electron chi connectivity index (χ0n) is 23.7. The molecule has 11 heteroatoms. The second-order valence-corrected chi connectivity index (χ2v) is 22.7. The summed E-state index contributed by atoms with van der Waals surface area (Å²) in [4.78, 5) is 13.0. The molecule has 36 heavy (non-hydrogen) atoms. The van der Waals surface area contributed by atoms with Gasteiger partial charge in [0.2, 0.25) is 0 Å². The highest BCUT2D eigenvalue weighted by atomic mass is 28.4. The summed E-state index contributed by atoms with van der Waals surface area (Å²) in [5.74, 6) is 0.329. The van der Waals surface area contributed by atoms with Gasteiger partial charge in [-0.1, -0.05) is 41.5 Å². The molecule has 2 aromatic rings. The van der Waals surface area contributed by atoms with Crippen LogP contribution >= 0.6 is 0 Å². The molecule has 0 aliphatic carbocycles. The van der Waals surface area contributed by atoms with Crippen LogP contribution in [0.3, 0.4) is 0 Å². The van der Waals surface area contributed by atoms with Crippen molar-refractivity contribution in [3.05, 3.63) is 12.7 Å². The molecule has 1 aliphatic rings. The lowest BCUT2D eigenvalue weighted by Crippen LogP contribution is -2.47. The van der Waals surface area contributed by atoms with E-state index in [1.54, 1.807) is 6.33 Å². The Hall–Kier alpha value is -1.85. The van der Waals surface area contributed by atoms with E-state index < -0.39 is 28.5 Å². The van der Waals surface area contributed by atoms with Gasteiger partial charge in [-0.15, -0.1) is 0 Å². The number of hydrogen-bond acceptors (Lipinski definition) is 8. The maximum atomic E-state index is 9.47. The predicted molar refractivity (Wildman–Crippen MR) is 147 cm³/mol. The average Bonchev–Trinajstić information content (AvgIpc) is 3.32. The normalized spacial score (nSPS) is 23.8. The summed E-state index contributed by atoms with van der Waals surface area (Å²) < 4.78 is 22.5. The van der Waals surface area contributed by atoms with E-state index in [0.29, 0.717) is 42.9 Å². The smallest absolute Gasteiger partial charge is 0.192 e. The zero-order valence-corrected chi connectivity index (χ0v) is 25.7. The van der Waals surface area contributed by atoms with E-state index in [4.69, 9.17) is 19.3 Å². The first kappa shape index (κ1) is 28.7. The van der Waals surface area contributed by atoms with Gasteiger partial charge in [0.1, 0.15) is 11.8 Å². The van der Waals surface area contributed by atoms with Crippen molar-refractivity contribution >= 4 is 33.6 Å². The maximum absolute atomic E-state index is 9.47. The highest BCUT2D eigenvalue weighted by molar-refractivity contribution is 6.74. The first-order valence-corrected chi connectivity index (χ1v) is 18.5. The quantitative estimate of drug-likeness (QED) is 0.424. The minimum Gasteiger partial charge on any atom is -0.414 e. The van der Waals surface area contributed by atoms with Crippen molar-refractivity contribution in [1.82, 2.24) is 19.5 Å². The van der Waals surface area contributed by atoms with Gasteiger partial charge in [0, 0.05) is 12.8 Å². The number of anilines is 1. The summed E-state index contributed by atoms with van der Waals surface area (Å²) in [6.45, 7) is 22.8. The predicted octanol–water partition coefficient (Wildman–Crippen LogP) is 5.78. The number of ether oxygens (including phenoxy) is 1. The molecule has 3 rings (SSSR count). The van der Waals surface area contributed by atoms with Crippen LogP contribution in [0.1, 0.15) is 67.0 Å². The number of nitrogens with two attached hydrogens (primary N) is 1. The lowest BCUT2D eigenvalue weighted by Gasteiger charge is -2.40. The lowest BCUT2D eigenvalue weighted by atomic mass is 9.94. The van der Waals surface area contributed by atoms with Crippen LogP contribution in [0.4, 0.5) is 5.82 Å². The van der Waals surface area contributed by atoms with Gasteiger partial charge in [-0.25, -0.2) is 15.0 Å². The number of hydrogen-bond donors (Lipinski definition) is 1. The van der Waals surface area contributed by atoms with Crippen molar-refractivity contribution in [3.8, 4) is 6.07 Å². The summed E-state index contributed by atoms with van der Waals surface area (Å²) >= 11 is 0. The molecular weight excluding hydrogens is 488 g/mol. The van der Waals surface area contributed by atoms with Crippen molar-refractivity contribution in [2.24, 2.45) is 0 Å². The Kier molecular flexibility index (Phi) is 7.81. The van der Waals surface area contributed by atoms with Crippen LogP contribution in [-0.2, 0) is 13.6 Å². The minimum absolute atomic E-state index is 0.0245. The Morgan fingerprint density at radius 2 is 1.75 bits per heavy atom. The molecule has 1 aliphatic heterocycles. The van der Waals surface area contributed by atoms with Crippen molar-refractivity contribution < 1.29 is 13.6 Å². The molecule has 3 heterocycles. The summed E-state index contributed by atoms with van der Waals surface area (Å²) in [6, 6.07) is 2.31. The first-order chi connectivity index (χ1) is 16.4. The molecule has 0 aromatic carbocycles. The van der Waals surface area contributed by atoms with Gasteiger partial charge in [0.15, 0.2) is 34.3 Å². The summed E-state index contributed by atoms with van der Waals surface area (Å²) in [7, 11) is -4.20. The molecule has 200 valence electrons. The van der Waals surface area contributed by atoms with Crippen molar-refractivity contribution in [2.75, 3.05) is 12.3 Å². The SMILES string of the molecule is CC(C)(C)[Si](C)(C)OC[C@]1(CCC#N)C[C@@H](O[Si](C)(C)C(C)(C)C)[C@H](n2cnc3c(N)ncnc32)O1. The van der Waals surface area contributed by atoms with E-state index in [2.05, 4.69) is 88.8 Å². The Balaban J connectivity index is 2.04. The second-order valence-electron chi connectivity index (χ2n) is 13.1. The Morgan fingerprint density at radius 1 is 1.11 bits per heavy atom. The van der Waals surface area contributed by atoms with E-state index in [1.165, 1.54) is 6.33 Å². The van der Waals surface area contributed by atoms with Crippen LogP contribution in [0.15, 0.2) is 12.7 Å². The third-order valence-electron chi connectivity index (χ3n) is 8.37. The van der Waals surface area contributed by atoms with Crippen LogP contribution in [-0.4, -0.2) is 54.5 Å². The summed E-state index contributed by atoms with van der Waals surface area (Å²) in [5.41, 5.74) is 6.57. The Morgan fingerprint density at radius 3 is 2.33 bits per heavy atom.